The van der Waals surface area contributed by atoms with Crippen LogP contribution in [0.15, 0.2) is 53.1 Å². The molecule has 1 aliphatic rings. The van der Waals surface area contributed by atoms with E-state index in [2.05, 4.69) is 20.8 Å². The molecule has 29 heavy (non-hydrogen) atoms. The maximum absolute atomic E-state index is 12.1. The maximum atomic E-state index is 12.1. The molecule has 2 aromatic carbocycles. The van der Waals surface area contributed by atoms with Crippen molar-refractivity contribution in [2.24, 2.45) is 0 Å². The summed E-state index contributed by atoms with van der Waals surface area (Å²) >= 11 is 5.38. The Labute approximate surface area is 174 Å². The number of carbonyl (C=O) groups excluding carboxylic acids is 1. The lowest BCUT2D eigenvalue weighted by molar-refractivity contribution is -0.117. The minimum atomic E-state index is 0.163. The van der Waals surface area contributed by atoms with Gasteiger partial charge in [0.15, 0.2) is 5.11 Å². The first-order valence-electron chi connectivity index (χ1n) is 9.44. The normalized spacial score (nSPS) is 13.6. The first kappa shape index (κ1) is 19.1. The monoisotopic (exact) mass is 407 g/mol. The molecule has 0 spiro atoms. The van der Waals surface area contributed by atoms with E-state index in [0.29, 0.717) is 29.8 Å². The number of nitrogens with one attached hydrogen (secondary N) is 2. The van der Waals surface area contributed by atoms with Crippen LogP contribution >= 0.6 is 12.2 Å². The van der Waals surface area contributed by atoms with Crippen molar-refractivity contribution in [2.45, 2.75) is 26.3 Å². The van der Waals surface area contributed by atoms with Gasteiger partial charge in [0, 0.05) is 29.9 Å². The van der Waals surface area contributed by atoms with Gasteiger partial charge in [-0.15, -0.1) is 0 Å². The summed E-state index contributed by atoms with van der Waals surface area (Å²) in [7, 11) is 0. The zero-order valence-corrected chi connectivity index (χ0v) is 16.8. The number of rotatable bonds is 5. The highest BCUT2D eigenvalue weighted by Crippen LogP contribution is 2.28. The fourth-order valence-electron chi connectivity index (χ4n) is 3.24. The molecule has 148 valence electrons. The Morgan fingerprint density at radius 2 is 2.07 bits per heavy atom. The van der Waals surface area contributed by atoms with E-state index < -0.39 is 0 Å². The Bertz CT molecular complexity index is 1030. The molecule has 1 fully saturated rings. The number of hydrogen-bond acceptors (Lipinski definition) is 5. The molecular weight excluding hydrogens is 386 g/mol. The molecule has 1 saturated heterocycles. The van der Waals surface area contributed by atoms with E-state index in [1.165, 1.54) is 0 Å². The van der Waals surface area contributed by atoms with Gasteiger partial charge in [-0.2, -0.15) is 4.98 Å². The van der Waals surface area contributed by atoms with Crippen LogP contribution in [0.3, 0.4) is 0 Å². The van der Waals surface area contributed by atoms with E-state index in [0.717, 1.165) is 35.5 Å². The van der Waals surface area contributed by atoms with Gasteiger partial charge in [-0.1, -0.05) is 41.6 Å². The van der Waals surface area contributed by atoms with Crippen molar-refractivity contribution in [3.63, 3.8) is 0 Å². The summed E-state index contributed by atoms with van der Waals surface area (Å²) in [5.41, 5.74) is 3.69. The number of amides is 1. The molecule has 1 amide bonds. The van der Waals surface area contributed by atoms with Crippen molar-refractivity contribution in [2.75, 3.05) is 16.8 Å². The molecule has 2 N–H and O–H groups in total. The number of anilines is 2. The van der Waals surface area contributed by atoms with Gasteiger partial charge >= 0.3 is 0 Å². The summed E-state index contributed by atoms with van der Waals surface area (Å²) in [5.74, 6) is 1.15. The summed E-state index contributed by atoms with van der Waals surface area (Å²) in [5, 5.41) is 10.6. The number of nitrogens with zero attached hydrogens (tertiary/aromatic N) is 3. The fraction of sp³-hybridized carbons (Fsp3) is 0.238. The van der Waals surface area contributed by atoms with Gasteiger partial charge in [-0.25, -0.2) is 0 Å². The Hall–Kier alpha value is -3.26. The molecule has 0 saturated carbocycles. The second-order valence-electron chi connectivity index (χ2n) is 6.84. The van der Waals surface area contributed by atoms with Crippen LogP contribution in [0.5, 0.6) is 0 Å². The SMILES string of the molecule is Cc1ccc(NC(=S)NCc2nc(-c3ccccc3)no2)cc1N1CCCC1=O. The number of carbonyl (C=O) groups is 1. The quantitative estimate of drug-likeness (QED) is 0.625. The molecule has 0 aliphatic carbocycles. The van der Waals surface area contributed by atoms with E-state index in [1.54, 1.807) is 0 Å². The third-order valence-corrected chi connectivity index (χ3v) is 4.98. The van der Waals surface area contributed by atoms with Crippen LogP contribution in [0.2, 0.25) is 0 Å². The molecule has 7 nitrogen and oxygen atoms in total. The topological polar surface area (TPSA) is 83.3 Å². The van der Waals surface area contributed by atoms with Gasteiger partial charge in [0.2, 0.25) is 17.6 Å². The van der Waals surface area contributed by atoms with Crippen LogP contribution in [0.1, 0.15) is 24.3 Å². The molecule has 1 aromatic heterocycles. The lowest BCUT2D eigenvalue weighted by atomic mass is 10.1. The number of thiocarbonyl (C=S) groups is 1. The Kier molecular flexibility index (Phi) is 5.53. The first-order valence-corrected chi connectivity index (χ1v) is 9.85. The average molecular weight is 407 g/mol. The van der Waals surface area contributed by atoms with Crippen molar-refractivity contribution >= 4 is 34.6 Å². The van der Waals surface area contributed by atoms with Crippen LogP contribution in [0.4, 0.5) is 11.4 Å². The van der Waals surface area contributed by atoms with Crippen LogP contribution in [0.25, 0.3) is 11.4 Å². The molecule has 0 radical (unpaired) electrons. The van der Waals surface area contributed by atoms with Gasteiger partial charge < -0.3 is 20.1 Å². The molecule has 0 bridgehead atoms. The predicted molar refractivity (Wildman–Crippen MR) is 116 cm³/mol. The highest BCUT2D eigenvalue weighted by molar-refractivity contribution is 7.80. The summed E-state index contributed by atoms with van der Waals surface area (Å²) in [6.45, 7) is 3.07. The Morgan fingerprint density at radius 3 is 2.83 bits per heavy atom. The van der Waals surface area contributed by atoms with E-state index in [1.807, 2.05) is 60.4 Å². The minimum absolute atomic E-state index is 0.163. The van der Waals surface area contributed by atoms with Gasteiger partial charge in [0.05, 0.1) is 6.54 Å². The molecule has 0 unspecified atom stereocenters. The Balaban J connectivity index is 1.37. The van der Waals surface area contributed by atoms with Crippen molar-refractivity contribution in [3.05, 3.63) is 60.0 Å². The number of benzene rings is 2. The largest absolute Gasteiger partial charge is 0.353 e. The molecule has 3 aromatic rings. The summed E-state index contributed by atoms with van der Waals surface area (Å²) < 4.78 is 5.28. The lowest BCUT2D eigenvalue weighted by Crippen LogP contribution is -2.28. The Morgan fingerprint density at radius 1 is 1.24 bits per heavy atom. The predicted octanol–water partition coefficient (Wildman–Crippen LogP) is 3.66. The van der Waals surface area contributed by atoms with Gasteiger partial charge in [-0.3, -0.25) is 4.79 Å². The fourth-order valence-corrected chi connectivity index (χ4v) is 3.43. The zero-order valence-electron chi connectivity index (χ0n) is 16.0. The zero-order chi connectivity index (χ0) is 20.2. The van der Waals surface area contributed by atoms with E-state index in [-0.39, 0.29) is 5.91 Å². The highest BCUT2D eigenvalue weighted by atomic mass is 32.1. The summed E-state index contributed by atoms with van der Waals surface area (Å²) in [6, 6.07) is 15.5. The standard InChI is InChI=1S/C21H21N5O2S/c1-14-9-10-16(12-17(14)26-11-5-8-19(26)27)23-21(29)22-13-18-24-20(25-28-18)15-6-3-2-4-7-15/h2-4,6-7,9-10,12H,5,8,11,13H2,1H3,(H2,22,23,29). The summed E-state index contributed by atoms with van der Waals surface area (Å²) in [6.07, 6.45) is 1.50. The number of aromatic nitrogens is 2. The van der Waals surface area contributed by atoms with E-state index in [9.17, 15) is 4.79 Å². The third-order valence-electron chi connectivity index (χ3n) is 4.73. The molecule has 2 heterocycles. The van der Waals surface area contributed by atoms with Crippen molar-refractivity contribution in [3.8, 4) is 11.4 Å². The second kappa shape index (κ2) is 8.40. The van der Waals surface area contributed by atoms with E-state index in [4.69, 9.17) is 16.7 Å². The average Bonchev–Trinajstić information content (AvgIpc) is 3.38. The molecule has 0 atom stereocenters. The van der Waals surface area contributed by atoms with Gasteiger partial charge in [0.25, 0.3) is 0 Å². The van der Waals surface area contributed by atoms with Crippen molar-refractivity contribution in [1.29, 1.82) is 0 Å². The maximum Gasteiger partial charge on any atom is 0.246 e. The smallest absolute Gasteiger partial charge is 0.246 e. The van der Waals surface area contributed by atoms with Crippen LogP contribution in [-0.4, -0.2) is 27.7 Å². The van der Waals surface area contributed by atoms with Crippen molar-refractivity contribution < 1.29 is 9.32 Å². The van der Waals surface area contributed by atoms with Gasteiger partial charge in [-0.05, 0) is 43.3 Å². The number of aryl methyl sites for hydroxylation is 1. The van der Waals surface area contributed by atoms with E-state index >= 15 is 0 Å². The third kappa shape index (κ3) is 4.43. The second-order valence-corrected chi connectivity index (χ2v) is 7.24. The van der Waals surface area contributed by atoms with Crippen LogP contribution < -0.4 is 15.5 Å². The number of hydrogen-bond donors (Lipinski definition) is 2. The molecular formula is C21H21N5O2S. The minimum Gasteiger partial charge on any atom is -0.353 e. The first-order chi connectivity index (χ1) is 14.1. The summed E-state index contributed by atoms with van der Waals surface area (Å²) in [4.78, 5) is 18.3. The molecule has 4 rings (SSSR count). The highest BCUT2D eigenvalue weighted by Gasteiger charge is 2.23. The van der Waals surface area contributed by atoms with Gasteiger partial charge in [0.1, 0.15) is 0 Å². The molecule has 1 aliphatic heterocycles. The van der Waals surface area contributed by atoms with Crippen LogP contribution in [-0.2, 0) is 11.3 Å². The van der Waals surface area contributed by atoms with Crippen molar-refractivity contribution in [1.82, 2.24) is 15.5 Å². The molecule has 8 heteroatoms. The van der Waals surface area contributed by atoms with Crippen LogP contribution in [0, 0.1) is 6.92 Å². The lowest BCUT2D eigenvalue weighted by Gasteiger charge is -2.20.